The zero-order valence-electron chi connectivity index (χ0n) is 36.1. The van der Waals surface area contributed by atoms with Crippen LogP contribution < -0.4 is 19.6 Å². The predicted molar refractivity (Wildman–Crippen MR) is 272 cm³/mol. The van der Waals surface area contributed by atoms with Crippen molar-refractivity contribution in [3.63, 3.8) is 0 Å². The number of nitrogens with zero attached hydrogens (tertiary/aromatic N) is 4. The lowest BCUT2D eigenvalue weighted by Gasteiger charge is -2.40. The summed E-state index contributed by atoms with van der Waals surface area (Å²) in [5.41, 5.74) is 22.2. The van der Waals surface area contributed by atoms with E-state index in [9.17, 15) is 0 Å². The number of fused-ring (bicyclic) bond motifs is 9. The van der Waals surface area contributed by atoms with Gasteiger partial charge in [0, 0.05) is 28.2 Å². The third kappa shape index (κ3) is 5.91. The van der Waals surface area contributed by atoms with Crippen molar-refractivity contribution in [1.29, 1.82) is 0 Å². The summed E-state index contributed by atoms with van der Waals surface area (Å²) in [7, 11) is 0. The van der Waals surface area contributed by atoms with E-state index in [1.54, 1.807) is 0 Å². The minimum Gasteiger partial charge on any atom is -0.306 e. The standard InChI is InChI=1S/C61H46N4/c1-3-17-45(18-4-1)62-53-21-7-9-23-55(53)64(56-24-10-8-22-54(56)62)47-34-31-43(32-35-47)29-30-44-33-37-49-50-38-36-48(42-52(50)61(51(49)41-44)39-15-16-40-61)65-59-27-13-11-25-57(59)63(46-19-5-2-6-20-46)58-26-12-14-28-60(58)65/h1-14,17-38,41-42H,15-16,39-40H2/b30-29+. The molecule has 65 heavy (non-hydrogen) atoms. The second-order valence-corrected chi connectivity index (χ2v) is 17.7. The molecule has 0 bridgehead atoms. The van der Waals surface area contributed by atoms with Gasteiger partial charge >= 0.3 is 0 Å². The van der Waals surface area contributed by atoms with E-state index in [4.69, 9.17) is 0 Å². The summed E-state index contributed by atoms with van der Waals surface area (Å²) in [5.74, 6) is 0. The highest BCUT2D eigenvalue weighted by molar-refractivity contribution is 6.03. The Kier molecular flexibility index (Phi) is 8.67. The molecule has 0 N–H and O–H groups in total. The Balaban J connectivity index is 0.822. The van der Waals surface area contributed by atoms with E-state index in [-0.39, 0.29) is 5.41 Å². The van der Waals surface area contributed by atoms with E-state index in [2.05, 4.69) is 250 Å². The quantitative estimate of drug-likeness (QED) is 0.155. The third-order valence-electron chi connectivity index (χ3n) is 14.2. The summed E-state index contributed by atoms with van der Waals surface area (Å²) in [6, 6.07) is 80.0. The molecule has 0 aromatic heterocycles. The first-order valence-electron chi connectivity index (χ1n) is 23.0. The van der Waals surface area contributed by atoms with Crippen molar-refractivity contribution in [2.75, 3.05) is 19.6 Å². The summed E-state index contributed by atoms with van der Waals surface area (Å²) >= 11 is 0. The van der Waals surface area contributed by atoms with Crippen LogP contribution in [0.25, 0.3) is 23.3 Å². The van der Waals surface area contributed by atoms with Crippen LogP contribution in [0.1, 0.15) is 47.9 Å². The monoisotopic (exact) mass is 834 g/mol. The summed E-state index contributed by atoms with van der Waals surface area (Å²) in [6.07, 6.45) is 9.40. The molecule has 4 heteroatoms. The Labute approximate surface area is 381 Å². The molecule has 9 aromatic rings. The van der Waals surface area contributed by atoms with Crippen molar-refractivity contribution in [2.24, 2.45) is 0 Å². The Bertz CT molecular complexity index is 3200. The molecule has 13 rings (SSSR count). The molecule has 4 nitrogen and oxygen atoms in total. The fraction of sp³-hybridized carbons (Fsp3) is 0.0820. The first-order valence-corrected chi connectivity index (χ1v) is 23.0. The van der Waals surface area contributed by atoms with E-state index < -0.39 is 0 Å². The van der Waals surface area contributed by atoms with Gasteiger partial charge in [0.25, 0.3) is 0 Å². The normalized spacial score (nSPS) is 15.1. The van der Waals surface area contributed by atoms with Crippen molar-refractivity contribution in [1.82, 2.24) is 0 Å². The van der Waals surface area contributed by atoms with E-state index in [1.807, 2.05) is 0 Å². The molecule has 9 aromatic carbocycles. The van der Waals surface area contributed by atoms with Gasteiger partial charge in [0.15, 0.2) is 0 Å². The van der Waals surface area contributed by atoms with Crippen LogP contribution in [0.15, 0.2) is 218 Å². The van der Waals surface area contributed by atoms with Crippen molar-refractivity contribution < 1.29 is 0 Å². The fourth-order valence-electron chi connectivity index (χ4n) is 11.3. The van der Waals surface area contributed by atoms with E-state index in [0.29, 0.717) is 0 Å². The van der Waals surface area contributed by atoms with Gasteiger partial charge in [0.1, 0.15) is 0 Å². The number of anilines is 12. The summed E-state index contributed by atoms with van der Waals surface area (Å²) in [5, 5.41) is 0. The van der Waals surface area contributed by atoms with Crippen LogP contribution in [-0.4, -0.2) is 0 Å². The lowest BCUT2D eigenvalue weighted by Crippen LogP contribution is -2.25. The molecule has 0 amide bonds. The van der Waals surface area contributed by atoms with Gasteiger partial charge in [0.05, 0.1) is 45.5 Å². The second kappa shape index (κ2) is 15.0. The van der Waals surface area contributed by atoms with Crippen molar-refractivity contribution in [2.45, 2.75) is 31.1 Å². The molecule has 4 aliphatic rings. The molecular formula is C61H46N4. The molecular weight excluding hydrogens is 789 g/mol. The molecule has 1 saturated carbocycles. The average Bonchev–Trinajstić information content (AvgIpc) is 3.98. The molecule has 0 saturated heterocycles. The number of hydrogen-bond acceptors (Lipinski definition) is 4. The largest absolute Gasteiger partial charge is 0.306 e. The highest BCUT2D eigenvalue weighted by Crippen LogP contribution is 2.60. The van der Waals surface area contributed by atoms with Crippen LogP contribution in [0, 0.1) is 0 Å². The fourth-order valence-corrected chi connectivity index (χ4v) is 11.3. The molecule has 1 spiro atoms. The zero-order valence-corrected chi connectivity index (χ0v) is 36.1. The highest BCUT2D eigenvalue weighted by Gasteiger charge is 2.45. The van der Waals surface area contributed by atoms with Gasteiger partial charge in [-0.2, -0.15) is 0 Å². The molecule has 0 atom stereocenters. The Hall–Kier alpha value is -8.08. The molecule has 2 aliphatic carbocycles. The SMILES string of the molecule is C(=C\c1ccc2c(c1)C1(CCCC1)c1cc(N3c4ccccc4N(c4ccccc4)c4ccccc43)ccc1-2)/c1ccc(N2c3ccccc3N(c3ccccc3)c3ccccc32)cc1. The lowest BCUT2D eigenvalue weighted by atomic mass is 9.76. The van der Waals surface area contributed by atoms with Crippen molar-refractivity contribution >= 4 is 80.4 Å². The summed E-state index contributed by atoms with van der Waals surface area (Å²) in [6.45, 7) is 0. The third-order valence-corrected chi connectivity index (χ3v) is 14.2. The van der Waals surface area contributed by atoms with Gasteiger partial charge in [-0.3, -0.25) is 0 Å². The maximum Gasteiger partial charge on any atom is 0.0703 e. The summed E-state index contributed by atoms with van der Waals surface area (Å²) in [4.78, 5) is 9.65. The van der Waals surface area contributed by atoms with Crippen LogP contribution in [0.3, 0.4) is 0 Å². The van der Waals surface area contributed by atoms with Gasteiger partial charge in [-0.25, -0.2) is 0 Å². The summed E-state index contributed by atoms with van der Waals surface area (Å²) < 4.78 is 0. The van der Waals surface area contributed by atoms with Gasteiger partial charge < -0.3 is 19.6 Å². The van der Waals surface area contributed by atoms with E-state index >= 15 is 0 Å². The second-order valence-electron chi connectivity index (χ2n) is 17.7. The maximum absolute atomic E-state index is 2.53. The number of rotatable bonds is 6. The van der Waals surface area contributed by atoms with Gasteiger partial charge in [-0.15, -0.1) is 0 Å². The molecule has 0 unspecified atom stereocenters. The van der Waals surface area contributed by atoms with Gasteiger partial charge in [-0.1, -0.05) is 146 Å². The Morgan fingerprint density at radius 3 is 1.06 bits per heavy atom. The highest BCUT2D eigenvalue weighted by atomic mass is 15.3. The predicted octanol–water partition coefficient (Wildman–Crippen LogP) is 17.2. The van der Waals surface area contributed by atoms with Crippen LogP contribution in [0.5, 0.6) is 0 Å². The first kappa shape index (κ1) is 37.5. The van der Waals surface area contributed by atoms with Crippen LogP contribution >= 0.6 is 0 Å². The molecule has 1 fully saturated rings. The Morgan fingerprint density at radius 1 is 0.292 bits per heavy atom. The average molecular weight is 835 g/mol. The number of hydrogen-bond donors (Lipinski definition) is 0. The van der Waals surface area contributed by atoms with E-state index in [0.717, 1.165) is 39.8 Å². The molecule has 2 heterocycles. The minimum atomic E-state index is 0.00812. The van der Waals surface area contributed by atoms with Crippen LogP contribution in [0.2, 0.25) is 0 Å². The van der Waals surface area contributed by atoms with Crippen LogP contribution in [0.4, 0.5) is 68.2 Å². The topological polar surface area (TPSA) is 13.0 Å². The van der Waals surface area contributed by atoms with Crippen LogP contribution in [-0.2, 0) is 5.41 Å². The molecule has 2 aliphatic heterocycles. The number of benzene rings is 9. The lowest BCUT2D eigenvalue weighted by molar-refractivity contribution is 0.550. The smallest absolute Gasteiger partial charge is 0.0703 e. The van der Waals surface area contributed by atoms with Gasteiger partial charge in [-0.05, 0) is 143 Å². The Morgan fingerprint density at radius 2 is 0.615 bits per heavy atom. The maximum atomic E-state index is 2.53. The first-order chi connectivity index (χ1) is 32.2. The zero-order chi connectivity index (χ0) is 42.9. The van der Waals surface area contributed by atoms with Crippen molar-refractivity contribution in [3.05, 3.63) is 241 Å². The molecule has 310 valence electrons. The van der Waals surface area contributed by atoms with Crippen molar-refractivity contribution in [3.8, 4) is 11.1 Å². The minimum absolute atomic E-state index is 0.00812. The molecule has 0 radical (unpaired) electrons. The van der Waals surface area contributed by atoms with E-state index in [1.165, 1.54) is 87.5 Å². The van der Waals surface area contributed by atoms with Gasteiger partial charge in [0.2, 0.25) is 0 Å². The number of para-hydroxylation sites is 10.